The Morgan fingerprint density at radius 2 is 1.96 bits per heavy atom. The summed E-state index contributed by atoms with van der Waals surface area (Å²) in [5.74, 6) is -0.293. The van der Waals surface area contributed by atoms with Crippen LogP contribution in [0.25, 0.3) is 0 Å². The lowest BCUT2D eigenvalue weighted by Crippen LogP contribution is -2.41. The van der Waals surface area contributed by atoms with Crippen LogP contribution in [0.1, 0.15) is 38.3 Å². The van der Waals surface area contributed by atoms with Gasteiger partial charge >= 0.3 is 0 Å². The minimum absolute atomic E-state index is 0.0627. The molecule has 0 spiro atoms. The number of rotatable bonds is 5. The van der Waals surface area contributed by atoms with E-state index in [4.69, 9.17) is 0 Å². The number of aromatic nitrogens is 2. The number of benzene rings is 1. The number of anilines is 1. The Labute approximate surface area is 174 Å². The molecule has 0 saturated carbocycles. The van der Waals surface area contributed by atoms with Crippen LogP contribution in [0.4, 0.5) is 5.69 Å². The molecule has 3 rings (SSSR count). The Hall–Kier alpha value is -1.71. The molecule has 1 aliphatic rings. The number of sulfonamides is 1. The Morgan fingerprint density at radius 1 is 1.29 bits per heavy atom. The molecule has 2 aromatic rings. The number of imidazole rings is 1. The van der Waals surface area contributed by atoms with Gasteiger partial charge in [0, 0.05) is 35.7 Å². The molecule has 1 aromatic carbocycles. The van der Waals surface area contributed by atoms with Gasteiger partial charge in [0.15, 0.2) is 5.03 Å². The summed E-state index contributed by atoms with van der Waals surface area (Å²) in [5.41, 5.74) is 1.83. The van der Waals surface area contributed by atoms with Crippen LogP contribution in [0.5, 0.6) is 0 Å². The summed E-state index contributed by atoms with van der Waals surface area (Å²) >= 11 is 3.46. The fraction of sp³-hybridized carbons (Fsp3) is 0.474. The molecule has 0 atom stereocenters. The number of carbonyl (C=O) groups excluding carboxylic acids is 1. The van der Waals surface area contributed by atoms with E-state index in [2.05, 4.69) is 26.2 Å². The maximum atomic E-state index is 12.8. The third-order valence-electron chi connectivity index (χ3n) is 4.99. The van der Waals surface area contributed by atoms with Gasteiger partial charge in [-0.3, -0.25) is 4.79 Å². The van der Waals surface area contributed by atoms with Crippen molar-refractivity contribution in [1.29, 1.82) is 0 Å². The van der Waals surface area contributed by atoms with E-state index in [1.165, 1.54) is 10.6 Å². The summed E-state index contributed by atoms with van der Waals surface area (Å²) in [4.78, 5) is 16.7. The molecule has 1 aliphatic heterocycles. The van der Waals surface area contributed by atoms with Crippen LogP contribution < -0.4 is 5.32 Å². The van der Waals surface area contributed by atoms with Gasteiger partial charge in [-0.1, -0.05) is 6.07 Å². The maximum Gasteiger partial charge on any atom is 0.262 e. The van der Waals surface area contributed by atoms with E-state index >= 15 is 0 Å². The third kappa shape index (κ3) is 4.47. The second-order valence-corrected chi connectivity index (χ2v) is 10.1. The molecular formula is C19H25BrN4O3S. The van der Waals surface area contributed by atoms with Crippen molar-refractivity contribution < 1.29 is 13.2 Å². The Kier molecular flexibility index (Phi) is 6.26. The van der Waals surface area contributed by atoms with Crippen molar-refractivity contribution in [2.75, 3.05) is 18.4 Å². The number of amides is 1. The number of hydrogen-bond donors (Lipinski definition) is 1. The molecule has 1 N–H and O–H groups in total. The first kappa shape index (κ1) is 21.0. The Morgan fingerprint density at radius 3 is 2.54 bits per heavy atom. The molecule has 1 aromatic heterocycles. The Balaban J connectivity index is 1.62. The van der Waals surface area contributed by atoms with Crippen LogP contribution in [0.15, 0.2) is 40.2 Å². The molecule has 0 unspecified atom stereocenters. The highest BCUT2D eigenvalue weighted by molar-refractivity contribution is 9.10. The minimum Gasteiger partial charge on any atom is -0.334 e. The number of piperidine rings is 1. The van der Waals surface area contributed by atoms with Crippen molar-refractivity contribution in [1.82, 2.24) is 13.9 Å². The summed E-state index contributed by atoms with van der Waals surface area (Å²) < 4.78 is 29.6. The second-order valence-electron chi connectivity index (χ2n) is 7.40. The topological polar surface area (TPSA) is 84.3 Å². The third-order valence-corrected chi connectivity index (χ3v) is 7.43. The van der Waals surface area contributed by atoms with E-state index in [0.29, 0.717) is 25.9 Å². The van der Waals surface area contributed by atoms with E-state index in [9.17, 15) is 13.2 Å². The number of nitrogens with one attached hydrogen (secondary N) is 1. The monoisotopic (exact) mass is 468 g/mol. The van der Waals surface area contributed by atoms with Gasteiger partial charge in [0.25, 0.3) is 10.0 Å². The lowest BCUT2D eigenvalue weighted by atomic mass is 9.97. The first-order valence-corrected chi connectivity index (χ1v) is 11.5. The average molecular weight is 469 g/mol. The zero-order chi connectivity index (χ0) is 20.5. The van der Waals surface area contributed by atoms with E-state index in [1.54, 1.807) is 10.8 Å². The standard InChI is InChI=1S/C19H25BrN4O3S/c1-13(2)23-11-18(21-12-23)28(26,27)24-8-6-15(7-9-24)19(25)22-17-5-4-14(3)10-16(17)20/h4-5,10-13,15H,6-9H2,1-3H3,(H,22,25). The van der Waals surface area contributed by atoms with E-state index in [-0.39, 0.29) is 22.9 Å². The molecule has 0 aliphatic carbocycles. The van der Waals surface area contributed by atoms with Gasteiger partial charge in [-0.05, 0) is 67.2 Å². The average Bonchev–Trinajstić information content (AvgIpc) is 3.15. The normalized spacial score (nSPS) is 16.5. The highest BCUT2D eigenvalue weighted by atomic mass is 79.9. The van der Waals surface area contributed by atoms with Gasteiger partial charge in [-0.25, -0.2) is 13.4 Å². The van der Waals surface area contributed by atoms with Gasteiger partial charge in [0.2, 0.25) is 5.91 Å². The highest BCUT2D eigenvalue weighted by Crippen LogP contribution is 2.27. The van der Waals surface area contributed by atoms with Gasteiger partial charge < -0.3 is 9.88 Å². The van der Waals surface area contributed by atoms with Crippen molar-refractivity contribution in [3.8, 4) is 0 Å². The minimum atomic E-state index is -3.63. The fourth-order valence-electron chi connectivity index (χ4n) is 3.18. The highest BCUT2D eigenvalue weighted by Gasteiger charge is 2.33. The van der Waals surface area contributed by atoms with Crippen molar-refractivity contribution in [3.63, 3.8) is 0 Å². The zero-order valence-corrected chi connectivity index (χ0v) is 18.6. The lowest BCUT2D eigenvalue weighted by molar-refractivity contribution is -0.120. The smallest absolute Gasteiger partial charge is 0.262 e. The zero-order valence-electron chi connectivity index (χ0n) is 16.2. The van der Waals surface area contributed by atoms with Gasteiger partial charge in [0.1, 0.15) is 0 Å². The van der Waals surface area contributed by atoms with E-state index in [0.717, 1.165) is 15.7 Å². The van der Waals surface area contributed by atoms with Crippen molar-refractivity contribution in [2.24, 2.45) is 5.92 Å². The molecule has 9 heteroatoms. The molecular weight excluding hydrogens is 444 g/mol. The van der Waals surface area contributed by atoms with Crippen LogP contribution in [-0.2, 0) is 14.8 Å². The predicted molar refractivity (Wildman–Crippen MR) is 112 cm³/mol. The summed E-state index contributed by atoms with van der Waals surface area (Å²) in [6, 6.07) is 5.89. The van der Waals surface area contributed by atoms with Gasteiger partial charge in [-0.15, -0.1) is 0 Å². The van der Waals surface area contributed by atoms with Gasteiger partial charge in [0.05, 0.1) is 12.0 Å². The molecule has 0 bridgehead atoms. The van der Waals surface area contributed by atoms with E-state index < -0.39 is 10.0 Å². The van der Waals surface area contributed by atoms with E-state index in [1.807, 2.05) is 39.0 Å². The molecule has 1 amide bonds. The summed E-state index contributed by atoms with van der Waals surface area (Å²) in [7, 11) is -3.63. The van der Waals surface area contributed by atoms with Crippen molar-refractivity contribution in [3.05, 3.63) is 40.8 Å². The summed E-state index contributed by atoms with van der Waals surface area (Å²) in [5, 5.41) is 3.00. The molecule has 1 saturated heterocycles. The molecule has 152 valence electrons. The Bertz CT molecular complexity index is 963. The largest absolute Gasteiger partial charge is 0.334 e. The van der Waals surface area contributed by atoms with Gasteiger partial charge in [-0.2, -0.15) is 4.31 Å². The van der Waals surface area contributed by atoms with Crippen LogP contribution >= 0.6 is 15.9 Å². The lowest BCUT2D eigenvalue weighted by Gasteiger charge is -2.30. The molecule has 0 radical (unpaired) electrons. The molecule has 28 heavy (non-hydrogen) atoms. The summed E-state index contributed by atoms with van der Waals surface area (Å²) in [6.07, 6.45) is 4.07. The maximum absolute atomic E-state index is 12.8. The first-order chi connectivity index (χ1) is 13.2. The molecule has 7 nitrogen and oxygen atoms in total. The summed E-state index contributed by atoms with van der Waals surface area (Å²) in [6.45, 7) is 6.54. The predicted octanol–water partition coefficient (Wildman–Crippen LogP) is 3.57. The number of halogens is 1. The van der Waals surface area contributed by atoms with Crippen LogP contribution in [0.2, 0.25) is 0 Å². The fourth-order valence-corrected chi connectivity index (χ4v) is 5.16. The first-order valence-electron chi connectivity index (χ1n) is 9.29. The SMILES string of the molecule is Cc1ccc(NC(=O)C2CCN(S(=O)(=O)c3cn(C(C)C)cn3)CC2)c(Br)c1. The van der Waals surface area contributed by atoms with Crippen molar-refractivity contribution in [2.45, 2.75) is 44.7 Å². The number of aryl methyl sites for hydroxylation is 1. The van der Waals surface area contributed by atoms with Crippen LogP contribution in [0.3, 0.4) is 0 Å². The van der Waals surface area contributed by atoms with Crippen LogP contribution in [-0.4, -0.2) is 41.3 Å². The number of carbonyl (C=O) groups is 1. The molecule has 2 heterocycles. The number of hydrogen-bond acceptors (Lipinski definition) is 4. The quantitative estimate of drug-likeness (QED) is 0.726. The number of nitrogens with zero attached hydrogens (tertiary/aromatic N) is 3. The second kappa shape index (κ2) is 8.34. The van der Waals surface area contributed by atoms with Crippen molar-refractivity contribution >= 4 is 37.5 Å². The molecule has 1 fully saturated rings. The van der Waals surface area contributed by atoms with Crippen LogP contribution in [0, 0.1) is 12.8 Å².